The maximum atomic E-state index is 12.2. The van der Waals surface area contributed by atoms with Crippen molar-refractivity contribution in [2.24, 2.45) is 5.92 Å². The van der Waals surface area contributed by atoms with Crippen molar-refractivity contribution in [3.05, 3.63) is 0 Å². The summed E-state index contributed by atoms with van der Waals surface area (Å²) >= 11 is 0. The molecule has 0 aromatic rings. The first-order valence-electron chi connectivity index (χ1n) is 7.85. The van der Waals surface area contributed by atoms with Crippen LogP contribution in [0.2, 0.25) is 0 Å². The Morgan fingerprint density at radius 3 is 2.28 bits per heavy atom. The highest BCUT2D eigenvalue weighted by Gasteiger charge is 2.18. The number of hydrogen-bond donors (Lipinski definition) is 1. The van der Waals surface area contributed by atoms with Crippen LogP contribution in [0.4, 0.5) is 0 Å². The van der Waals surface area contributed by atoms with Crippen LogP contribution in [0, 0.1) is 5.92 Å². The lowest BCUT2D eigenvalue weighted by molar-refractivity contribution is -0.131. The van der Waals surface area contributed by atoms with E-state index in [2.05, 4.69) is 10.2 Å². The lowest BCUT2D eigenvalue weighted by atomic mass is 9.93. The van der Waals surface area contributed by atoms with Gasteiger partial charge in [0.15, 0.2) is 0 Å². The van der Waals surface area contributed by atoms with Crippen LogP contribution in [-0.2, 0) is 4.79 Å². The number of hydrogen-bond acceptors (Lipinski definition) is 2. The summed E-state index contributed by atoms with van der Waals surface area (Å²) < 4.78 is 0. The summed E-state index contributed by atoms with van der Waals surface area (Å²) in [5.74, 6) is 1.19. The van der Waals surface area contributed by atoms with Gasteiger partial charge in [-0.25, -0.2) is 0 Å². The predicted molar refractivity (Wildman–Crippen MR) is 74.5 cm³/mol. The SMILES string of the molecule is O=C(CCC1CCNCC1)N1CCCCCCC1. The van der Waals surface area contributed by atoms with Gasteiger partial charge in [-0.15, -0.1) is 0 Å². The molecule has 0 aromatic carbocycles. The van der Waals surface area contributed by atoms with E-state index in [0.29, 0.717) is 5.91 Å². The Morgan fingerprint density at radius 2 is 1.61 bits per heavy atom. The third-order valence-electron chi connectivity index (χ3n) is 4.43. The van der Waals surface area contributed by atoms with Gasteiger partial charge in [0.1, 0.15) is 0 Å². The van der Waals surface area contributed by atoms with E-state index in [1.165, 1.54) is 44.9 Å². The highest BCUT2D eigenvalue weighted by Crippen LogP contribution is 2.19. The number of nitrogens with one attached hydrogen (secondary N) is 1. The van der Waals surface area contributed by atoms with E-state index in [-0.39, 0.29) is 0 Å². The molecule has 2 rings (SSSR count). The molecule has 0 radical (unpaired) electrons. The number of carbonyl (C=O) groups excluding carboxylic acids is 1. The topological polar surface area (TPSA) is 32.3 Å². The molecular weight excluding hydrogens is 224 g/mol. The molecule has 0 bridgehead atoms. The van der Waals surface area contributed by atoms with Crippen LogP contribution in [0.15, 0.2) is 0 Å². The first kappa shape index (κ1) is 13.9. The van der Waals surface area contributed by atoms with Crippen LogP contribution in [0.5, 0.6) is 0 Å². The van der Waals surface area contributed by atoms with E-state index >= 15 is 0 Å². The van der Waals surface area contributed by atoms with E-state index in [1.807, 2.05) is 0 Å². The summed E-state index contributed by atoms with van der Waals surface area (Å²) in [5.41, 5.74) is 0. The third kappa shape index (κ3) is 4.60. The molecule has 0 aliphatic carbocycles. The summed E-state index contributed by atoms with van der Waals surface area (Å²) in [6.45, 7) is 4.29. The zero-order chi connectivity index (χ0) is 12.6. The molecule has 2 saturated heterocycles. The Hall–Kier alpha value is -0.570. The fourth-order valence-electron chi connectivity index (χ4n) is 3.15. The third-order valence-corrected chi connectivity index (χ3v) is 4.43. The first-order valence-corrected chi connectivity index (χ1v) is 7.85. The molecular formula is C15H28N2O. The largest absolute Gasteiger partial charge is 0.343 e. The van der Waals surface area contributed by atoms with Gasteiger partial charge < -0.3 is 10.2 Å². The van der Waals surface area contributed by atoms with Crippen molar-refractivity contribution < 1.29 is 4.79 Å². The fraction of sp³-hybridized carbons (Fsp3) is 0.933. The van der Waals surface area contributed by atoms with E-state index in [0.717, 1.165) is 44.9 Å². The maximum Gasteiger partial charge on any atom is 0.222 e. The average Bonchev–Trinajstić information content (AvgIpc) is 2.37. The zero-order valence-corrected chi connectivity index (χ0v) is 11.6. The second-order valence-corrected chi connectivity index (χ2v) is 5.88. The van der Waals surface area contributed by atoms with Crippen LogP contribution in [0.25, 0.3) is 0 Å². The van der Waals surface area contributed by atoms with Gasteiger partial charge in [-0.1, -0.05) is 19.3 Å². The number of likely N-dealkylation sites (tertiary alicyclic amines) is 1. The Kier molecular flexibility index (Phi) is 5.98. The average molecular weight is 252 g/mol. The second kappa shape index (κ2) is 7.78. The van der Waals surface area contributed by atoms with Gasteiger partial charge in [-0.2, -0.15) is 0 Å². The smallest absolute Gasteiger partial charge is 0.222 e. The van der Waals surface area contributed by atoms with E-state index < -0.39 is 0 Å². The molecule has 104 valence electrons. The van der Waals surface area contributed by atoms with Gasteiger partial charge in [0.25, 0.3) is 0 Å². The van der Waals surface area contributed by atoms with Crippen molar-refractivity contribution in [1.82, 2.24) is 10.2 Å². The zero-order valence-electron chi connectivity index (χ0n) is 11.6. The monoisotopic (exact) mass is 252 g/mol. The lowest BCUT2D eigenvalue weighted by Crippen LogP contribution is -2.34. The molecule has 0 spiro atoms. The number of carbonyl (C=O) groups is 1. The minimum atomic E-state index is 0.412. The Morgan fingerprint density at radius 1 is 1.00 bits per heavy atom. The van der Waals surface area contributed by atoms with Crippen LogP contribution >= 0.6 is 0 Å². The Labute approximate surface area is 111 Å². The Bertz CT molecular complexity index is 241. The van der Waals surface area contributed by atoms with Crippen molar-refractivity contribution in [3.8, 4) is 0 Å². The summed E-state index contributed by atoms with van der Waals surface area (Å²) in [5, 5.41) is 3.39. The summed E-state index contributed by atoms with van der Waals surface area (Å²) in [4.78, 5) is 14.3. The molecule has 0 atom stereocenters. The van der Waals surface area contributed by atoms with Gasteiger partial charge in [0, 0.05) is 19.5 Å². The summed E-state index contributed by atoms with van der Waals surface area (Å²) in [7, 11) is 0. The van der Waals surface area contributed by atoms with Crippen molar-refractivity contribution in [1.29, 1.82) is 0 Å². The van der Waals surface area contributed by atoms with Gasteiger partial charge >= 0.3 is 0 Å². The number of amides is 1. The molecule has 2 aliphatic heterocycles. The molecule has 1 amide bonds. The molecule has 0 aromatic heterocycles. The van der Waals surface area contributed by atoms with Crippen molar-refractivity contribution in [2.45, 2.75) is 57.8 Å². The lowest BCUT2D eigenvalue weighted by Gasteiger charge is -2.27. The maximum absolute atomic E-state index is 12.2. The van der Waals surface area contributed by atoms with Gasteiger partial charge in [0.2, 0.25) is 5.91 Å². The fourth-order valence-corrected chi connectivity index (χ4v) is 3.15. The number of piperidine rings is 1. The molecule has 0 saturated carbocycles. The molecule has 18 heavy (non-hydrogen) atoms. The highest BCUT2D eigenvalue weighted by atomic mass is 16.2. The van der Waals surface area contributed by atoms with Gasteiger partial charge in [-0.05, 0) is 51.1 Å². The minimum Gasteiger partial charge on any atom is -0.343 e. The normalized spacial score (nSPS) is 23.4. The van der Waals surface area contributed by atoms with Gasteiger partial charge in [0.05, 0.1) is 0 Å². The summed E-state index contributed by atoms with van der Waals surface area (Å²) in [6.07, 6.45) is 10.8. The van der Waals surface area contributed by atoms with E-state index in [1.54, 1.807) is 0 Å². The van der Waals surface area contributed by atoms with Gasteiger partial charge in [-0.3, -0.25) is 4.79 Å². The van der Waals surface area contributed by atoms with Crippen LogP contribution in [0.1, 0.15) is 57.8 Å². The quantitative estimate of drug-likeness (QED) is 0.837. The molecule has 0 unspecified atom stereocenters. The molecule has 1 N–H and O–H groups in total. The minimum absolute atomic E-state index is 0.412. The van der Waals surface area contributed by atoms with Crippen molar-refractivity contribution in [2.75, 3.05) is 26.2 Å². The molecule has 3 nitrogen and oxygen atoms in total. The Balaban J connectivity index is 1.68. The highest BCUT2D eigenvalue weighted by molar-refractivity contribution is 5.76. The van der Waals surface area contributed by atoms with Crippen molar-refractivity contribution in [3.63, 3.8) is 0 Å². The second-order valence-electron chi connectivity index (χ2n) is 5.88. The van der Waals surface area contributed by atoms with E-state index in [9.17, 15) is 4.79 Å². The van der Waals surface area contributed by atoms with Crippen molar-refractivity contribution >= 4 is 5.91 Å². The molecule has 2 aliphatic rings. The van der Waals surface area contributed by atoms with E-state index in [4.69, 9.17) is 0 Å². The van der Waals surface area contributed by atoms with Crippen LogP contribution < -0.4 is 5.32 Å². The first-order chi connectivity index (χ1) is 8.86. The predicted octanol–water partition coefficient (Wildman–Crippen LogP) is 2.56. The number of nitrogens with zero attached hydrogens (tertiary/aromatic N) is 1. The molecule has 2 fully saturated rings. The molecule has 2 heterocycles. The standard InChI is InChI=1S/C15H28N2O/c18-15(7-6-14-8-10-16-11-9-14)17-12-4-2-1-3-5-13-17/h14,16H,1-13H2. The molecule has 3 heteroatoms. The summed E-state index contributed by atoms with van der Waals surface area (Å²) in [6, 6.07) is 0. The number of rotatable bonds is 3. The van der Waals surface area contributed by atoms with Crippen LogP contribution in [0.3, 0.4) is 0 Å². The van der Waals surface area contributed by atoms with Crippen LogP contribution in [-0.4, -0.2) is 37.0 Å².